The summed E-state index contributed by atoms with van der Waals surface area (Å²) in [5.74, 6) is -0.0411. The SMILES string of the molecule is COc1ccc(CC(O)C(=O)O)c(OC)c1C. The average Bonchev–Trinajstić information content (AvgIpc) is 2.29. The van der Waals surface area contributed by atoms with Gasteiger partial charge in [-0.2, -0.15) is 0 Å². The average molecular weight is 240 g/mol. The van der Waals surface area contributed by atoms with Gasteiger partial charge in [0.05, 0.1) is 14.2 Å². The molecule has 0 saturated carbocycles. The molecule has 0 fully saturated rings. The summed E-state index contributed by atoms with van der Waals surface area (Å²) in [6.07, 6.45) is -1.43. The summed E-state index contributed by atoms with van der Waals surface area (Å²) in [7, 11) is 3.05. The molecule has 1 unspecified atom stereocenters. The zero-order valence-corrected chi connectivity index (χ0v) is 10.1. The minimum Gasteiger partial charge on any atom is -0.496 e. The predicted molar refractivity (Wildman–Crippen MR) is 61.6 cm³/mol. The summed E-state index contributed by atoms with van der Waals surface area (Å²) in [6.45, 7) is 1.81. The fraction of sp³-hybridized carbons (Fsp3) is 0.417. The highest BCUT2D eigenvalue weighted by Gasteiger charge is 2.18. The Kier molecular flexibility index (Phi) is 4.34. The van der Waals surface area contributed by atoms with Crippen LogP contribution >= 0.6 is 0 Å². The molecule has 5 nitrogen and oxygen atoms in total. The first-order valence-corrected chi connectivity index (χ1v) is 5.12. The largest absolute Gasteiger partial charge is 0.496 e. The lowest BCUT2D eigenvalue weighted by Gasteiger charge is -2.15. The zero-order chi connectivity index (χ0) is 13.0. The fourth-order valence-corrected chi connectivity index (χ4v) is 1.69. The number of methoxy groups -OCH3 is 2. The van der Waals surface area contributed by atoms with Gasteiger partial charge in [-0.05, 0) is 18.6 Å². The summed E-state index contributed by atoms with van der Waals surface area (Å²) >= 11 is 0. The van der Waals surface area contributed by atoms with Crippen molar-refractivity contribution in [2.24, 2.45) is 0 Å². The van der Waals surface area contributed by atoms with E-state index in [1.807, 2.05) is 6.92 Å². The van der Waals surface area contributed by atoms with E-state index in [-0.39, 0.29) is 6.42 Å². The Hall–Kier alpha value is -1.75. The van der Waals surface area contributed by atoms with E-state index in [1.165, 1.54) is 7.11 Å². The Morgan fingerprint density at radius 1 is 1.35 bits per heavy atom. The first-order valence-electron chi connectivity index (χ1n) is 5.12. The summed E-state index contributed by atoms with van der Waals surface area (Å²) in [6, 6.07) is 3.42. The minimum absolute atomic E-state index is 0.00331. The van der Waals surface area contributed by atoms with Gasteiger partial charge in [-0.3, -0.25) is 0 Å². The maximum absolute atomic E-state index is 10.6. The van der Waals surface area contributed by atoms with E-state index in [0.717, 1.165) is 5.56 Å². The topological polar surface area (TPSA) is 76.0 Å². The molecular weight excluding hydrogens is 224 g/mol. The van der Waals surface area contributed by atoms with Crippen molar-refractivity contribution in [3.63, 3.8) is 0 Å². The minimum atomic E-state index is -1.43. The van der Waals surface area contributed by atoms with Crippen LogP contribution in [0.25, 0.3) is 0 Å². The van der Waals surface area contributed by atoms with Gasteiger partial charge in [0.2, 0.25) is 0 Å². The van der Waals surface area contributed by atoms with E-state index in [2.05, 4.69) is 0 Å². The monoisotopic (exact) mass is 240 g/mol. The molecule has 0 radical (unpaired) electrons. The van der Waals surface area contributed by atoms with E-state index in [9.17, 15) is 9.90 Å². The lowest BCUT2D eigenvalue weighted by molar-refractivity contribution is -0.146. The number of carbonyl (C=O) groups is 1. The number of aliphatic carboxylic acids is 1. The van der Waals surface area contributed by atoms with Crippen molar-refractivity contribution in [1.82, 2.24) is 0 Å². The maximum Gasteiger partial charge on any atom is 0.332 e. The first-order chi connectivity index (χ1) is 8.01. The Labute approximate surface area is 99.6 Å². The summed E-state index contributed by atoms with van der Waals surface area (Å²) in [5, 5.41) is 18.0. The molecule has 1 rings (SSSR count). The molecule has 94 valence electrons. The Bertz CT molecular complexity index is 414. The molecule has 5 heteroatoms. The van der Waals surface area contributed by atoms with Gasteiger partial charge in [0.15, 0.2) is 6.10 Å². The van der Waals surface area contributed by atoms with E-state index >= 15 is 0 Å². The lowest BCUT2D eigenvalue weighted by atomic mass is 10.0. The van der Waals surface area contributed by atoms with Crippen molar-refractivity contribution in [3.05, 3.63) is 23.3 Å². The highest BCUT2D eigenvalue weighted by atomic mass is 16.5. The standard InChI is InChI=1S/C12H16O5/c1-7-10(16-2)5-4-8(11(7)17-3)6-9(13)12(14)15/h4-5,9,13H,6H2,1-3H3,(H,14,15). The molecule has 0 aliphatic rings. The molecule has 0 saturated heterocycles. The predicted octanol–water partition coefficient (Wildman–Crippen LogP) is 1.00. The smallest absolute Gasteiger partial charge is 0.332 e. The Balaban J connectivity index is 3.08. The summed E-state index contributed by atoms with van der Waals surface area (Å²) in [5.41, 5.74) is 1.42. The number of carboxylic acids is 1. The number of hydrogen-bond donors (Lipinski definition) is 2. The van der Waals surface area contributed by atoms with Crippen molar-refractivity contribution >= 4 is 5.97 Å². The second kappa shape index (κ2) is 5.54. The van der Waals surface area contributed by atoms with Crippen molar-refractivity contribution < 1.29 is 24.5 Å². The van der Waals surface area contributed by atoms with Gasteiger partial charge in [0.25, 0.3) is 0 Å². The second-order valence-corrected chi connectivity index (χ2v) is 3.64. The van der Waals surface area contributed by atoms with Crippen LogP contribution in [0.3, 0.4) is 0 Å². The van der Waals surface area contributed by atoms with Gasteiger partial charge in [-0.25, -0.2) is 4.79 Å². The van der Waals surface area contributed by atoms with Crippen LogP contribution in [-0.4, -0.2) is 36.5 Å². The molecule has 0 amide bonds. The molecule has 0 spiro atoms. The third kappa shape index (κ3) is 2.88. The van der Waals surface area contributed by atoms with Gasteiger partial charge >= 0.3 is 5.97 Å². The second-order valence-electron chi connectivity index (χ2n) is 3.64. The summed E-state index contributed by atoms with van der Waals surface area (Å²) in [4.78, 5) is 10.6. The molecule has 1 aromatic rings. The van der Waals surface area contributed by atoms with E-state index in [1.54, 1.807) is 19.2 Å². The highest BCUT2D eigenvalue weighted by molar-refractivity contribution is 5.72. The van der Waals surface area contributed by atoms with Crippen LogP contribution < -0.4 is 9.47 Å². The zero-order valence-electron chi connectivity index (χ0n) is 10.1. The summed E-state index contributed by atoms with van der Waals surface area (Å²) < 4.78 is 10.4. The van der Waals surface area contributed by atoms with Crippen molar-refractivity contribution in [2.75, 3.05) is 14.2 Å². The Morgan fingerprint density at radius 3 is 2.47 bits per heavy atom. The van der Waals surface area contributed by atoms with Gasteiger partial charge in [0, 0.05) is 12.0 Å². The molecule has 1 atom stereocenters. The number of ether oxygens (including phenoxy) is 2. The molecular formula is C12H16O5. The van der Waals surface area contributed by atoms with E-state index in [4.69, 9.17) is 14.6 Å². The molecule has 0 aliphatic carbocycles. The number of hydrogen-bond acceptors (Lipinski definition) is 4. The lowest BCUT2D eigenvalue weighted by Crippen LogP contribution is -2.22. The third-order valence-electron chi connectivity index (χ3n) is 2.56. The van der Waals surface area contributed by atoms with Crippen LogP contribution in [0.2, 0.25) is 0 Å². The molecule has 17 heavy (non-hydrogen) atoms. The van der Waals surface area contributed by atoms with E-state index < -0.39 is 12.1 Å². The van der Waals surface area contributed by atoms with Crippen molar-refractivity contribution in [2.45, 2.75) is 19.4 Å². The van der Waals surface area contributed by atoms with E-state index in [0.29, 0.717) is 17.1 Å². The van der Waals surface area contributed by atoms with Crippen LogP contribution in [0.15, 0.2) is 12.1 Å². The molecule has 0 heterocycles. The molecule has 2 N–H and O–H groups in total. The van der Waals surface area contributed by atoms with Crippen molar-refractivity contribution in [1.29, 1.82) is 0 Å². The van der Waals surface area contributed by atoms with Crippen molar-refractivity contribution in [3.8, 4) is 11.5 Å². The molecule has 0 aliphatic heterocycles. The van der Waals surface area contributed by atoms with Gasteiger partial charge in [0.1, 0.15) is 11.5 Å². The first kappa shape index (κ1) is 13.3. The van der Waals surface area contributed by atoms with Gasteiger partial charge < -0.3 is 19.7 Å². The fourth-order valence-electron chi connectivity index (χ4n) is 1.69. The van der Waals surface area contributed by atoms with Crippen LogP contribution in [-0.2, 0) is 11.2 Å². The highest BCUT2D eigenvalue weighted by Crippen LogP contribution is 2.31. The van der Waals surface area contributed by atoms with Crippen LogP contribution in [0.5, 0.6) is 11.5 Å². The third-order valence-corrected chi connectivity index (χ3v) is 2.56. The van der Waals surface area contributed by atoms with Crippen LogP contribution in [0, 0.1) is 6.92 Å². The number of carboxylic acid groups (broad SMARTS) is 1. The van der Waals surface area contributed by atoms with Crippen LogP contribution in [0.4, 0.5) is 0 Å². The number of rotatable bonds is 5. The molecule has 1 aromatic carbocycles. The van der Waals surface area contributed by atoms with Gasteiger partial charge in [-0.1, -0.05) is 6.07 Å². The number of aliphatic hydroxyl groups excluding tert-OH is 1. The maximum atomic E-state index is 10.6. The number of benzene rings is 1. The normalized spacial score (nSPS) is 12.0. The van der Waals surface area contributed by atoms with Crippen LogP contribution in [0.1, 0.15) is 11.1 Å². The molecule has 0 aromatic heterocycles. The molecule has 0 bridgehead atoms. The Morgan fingerprint density at radius 2 is 2.00 bits per heavy atom. The van der Waals surface area contributed by atoms with Gasteiger partial charge in [-0.15, -0.1) is 0 Å². The quantitative estimate of drug-likeness (QED) is 0.803. The number of aliphatic hydroxyl groups is 1.